The second kappa shape index (κ2) is 4.45. The van der Waals surface area contributed by atoms with Crippen LogP contribution in [0.15, 0.2) is 15.9 Å². The Morgan fingerprint density at radius 2 is 2.50 bits per heavy atom. The highest BCUT2D eigenvalue weighted by Gasteiger charge is 2.23. The van der Waals surface area contributed by atoms with Crippen LogP contribution in [0.4, 0.5) is 0 Å². The molecular weight excluding hydrogens is 262 g/mol. The van der Waals surface area contributed by atoms with Gasteiger partial charge >= 0.3 is 0 Å². The minimum Gasteiger partial charge on any atom is -0.356 e. The Morgan fingerprint density at radius 3 is 3.14 bits per heavy atom. The van der Waals surface area contributed by atoms with E-state index in [1.807, 2.05) is 6.07 Å². The van der Waals surface area contributed by atoms with Crippen LogP contribution in [0.2, 0.25) is 0 Å². The summed E-state index contributed by atoms with van der Waals surface area (Å²) >= 11 is 5.21. The van der Waals surface area contributed by atoms with Gasteiger partial charge in [0.1, 0.15) is 0 Å². The molecule has 2 rings (SSSR count). The summed E-state index contributed by atoms with van der Waals surface area (Å²) in [6, 6.07) is 2.04. The molecule has 0 bridgehead atoms. The molecule has 0 aliphatic carbocycles. The number of hydrogen-bond donors (Lipinski definition) is 1. The number of carbonyl (C=O) groups excluding carboxylic acids is 1. The third kappa shape index (κ3) is 2.17. The first-order valence-electron chi connectivity index (χ1n) is 4.77. The van der Waals surface area contributed by atoms with Crippen LogP contribution in [0.5, 0.6) is 0 Å². The maximum atomic E-state index is 11.5. The molecule has 2 heterocycles. The molecule has 14 heavy (non-hydrogen) atoms. The lowest BCUT2D eigenvalue weighted by Crippen LogP contribution is -2.37. The van der Waals surface area contributed by atoms with E-state index in [1.54, 1.807) is 11.3 Å². The predicted molar refractivity (Wildman–Crippen MR) is 61.5 cm³/mol. The van der Waals surface area contributed by atoms with E-state index in [4.69, 9.17) is 0 Å². The van der Waals surface area contributed by atoms with Crippen molar-refractivity contribution in [3.05, 3.63) is 20.8 Å². The van der Waals surface area contributed by atoms with Crippen LogP contribution < -0.4 is 5.32 Å². The molecule has 0 saturated carbocycles. The fourth-order valence-corrected chi connectivity index (χ4v) is 3.32. The van der Waals surface area contributed by atoms with E-state index in [-0.39, 0.29) is 11.8 Å². The van der Waals surface area contributed by atoms with E-state index >= 15 is 0 Å². The molecule has 0 radical (unpaired) electrons. The lowest BCUT2D eigenvalue weighted by atomic mass is 9.95. The number of amides is 1. The lowest BCUT2D eigenvalue weighted by Gasteiger charge is -2.21. The van der Waals surface area contributed by atoms with Crippen LogP contribution in [0, 0.1) is 5.92 Å². The van der Waals surface area contributed by atoms with Gasteiger partial charge in [-0.3, -0.25) is 4.79 Å². The van der Waals surface area contributed by atoms with Crippen molar-refractivity contribution in [3.63, 3.8) is 0 Å². The second-order valence-corrected chi connectivity index (χ2v) is 5.38. The summed E-state index contributed by atoms with van der Waals surface area (Å²) in [7, 11) is 0. The molecular formula is C10H12BrNOS. The standard InChI is InChI=1S/C10H12BrNOS/c11-8-3-5-14-9(8)6-7-2-1-4-12-10(7)13/h3,5,7H,1-2,4,6H2,(H,12,13). The number of rotatable bonds is 2. The summed E-state index contributed by atoms with van der Waals surface area (Å²) in [4.78, 5) is 12.8. The molecule has 0 spiro atoms. The first kappa shape index (κ1) is 10.2. The van der Waals surface area contributed by atoms with Crippen LogP contribution in [0.1, 0.15) is 17.7 Å². The number of halogens is 1. The van der Waals surface area contributed by atoms with Gasteiger partial charge in [0.25, 0.3) is 0 Å². The molecule has 1 saturated heterocycles. The van der Waals surface area contributed by atoms with E-state index in [0.717, 1.165) is 30.3 Å². The molecule has 2 nitrogen and oxygen atoms in total. The van der Waals surface area contributed by atoms with Crippen LogP contribution in [0.3, 0.4) is 0 Å². The maximum absolute atomic E-state index is 11.5. The van der Waals surface area contributed by atoms with Gasteiger partial charge in [0, 0.05) is 21.8 Å². The highest BCUT2D eigenvalue weighted by atomic mass is 79.9. The maximum Gasteiger partial charge on any atom is 0.223 e. The second-order valence-electron chi connectivity index (χ2n) is 3.53. The van der Waals surface area contributed by atoms with E-state index in [1.165, 1.54) is 4.88 Å². The number of hydrogen-bond acceptors (Lipinski definition) is 2. The Bertz CT molecular complexity index is 337. The minimum atomic E-state index is 0.179. The summed E-state index contributed by atoms with van der Waals surface area (Å²) < 4.78 is 1.14. The van der Waals surface area contributed by atoms with Crippen molar-refractivity contribution in [1.29, 1.82) is 0 Å². The summed E-state index contributed by atoms with van der Waals surface area (Å²) in [5.74, 6) is 0.398. The van der Waals surface area contributed by atoms with Crippen molar-refractivity contribution < 1.29 is 4.79 Å². The summed E-state index contributed by atoms with van der Waals surface area (Å²) in [6.45, 7) is 0.848. The summed E-state index contributed by atoms with van der Waals surface area (Å²) in [6.07, 6.45) is 3.01. The van der Waals surface area contributed by atoms with E-state index in [2.05, 4.69) is 26.6 Å². The summed E-state index contributed by atoms with van der Waals surface area (Å²) in [5, 5.41) is 4.97. The van der Waals surface area contributed by atoms with Crippen LogP contribution in [0.25, 0.3) is 0 Å². The quantitative estimate of drug-likeness (QED) is 0.882. The van der Waals surface area contributed by atoms with Crippen LogP contribution in [-0.2, 0) is 11.2 Å². The average Bonchev–Trinajstić information content (AvgIpc) is 2.56. The van der Waals surface area contributed by atoms with Crippen LogP contribution in [-0.4, -0.2) is 12.5 Å². The van der Waals surface area contributed by atoms with Crippen molar-refractivity contribution in [1.82, 2.24) is 5.32 Å². The zero-order valence-electron chi connectivity index (χ0n) is 7.75. The van der Waals surface area contributed by atoms with Crippen LogP contribution >= 0.6 is 27.3 Å². The van der Waals surface area contributed by atoms with Gasteiger partial charge in [0.05, 0.1) is 0 Å². The molecule has 1 fully saturated rings. The van der Waals surface area contributed by atoms with Crippen molar-refractivity contribution in [2.75, 3.05) is 6.54 Å². The molecule has 1 N–H and O–H groups in total. The Hall–Kier alpha value is -0.350. The lowest BCUT2D eigenvalue weighted by molar-refractivity contribution is -0.126. The SMILES string of the molecule is O=C1NCCCC1Cc1sccc1Br. The van der Waals surface area contributed by atoms with Gasteiger partial charge in [-0.25, -0.2) is 0 Å². The normalized spacial score (nSPS) is 22.1. The van der Waals surface area contributed by atoms with Gasteiger partial charge in [-0.15, -0.1) is 11.3 Å². The van der Waals surface area contributed by atoms with Crippen molar-refractivity contribution >= 4 is 33.2 Å². The smallest absolute Gasteiger partial charge is 0.223 e. The minimum absolute atomic E-state index is 0.179. The van der Waals surface area contributed by atoms with Crippen molar-refractivity contribution in [3.8, 4) is 0 Å². The van der Waals surface area contributed by atoms with Gasteiger partial charge in [-0.1, -0.05) is 0 Å². The Morgan fingerprint density at radius 1 is 1.64 bits per heavy atom. The molecule has 1 atom stereocenters. The Balaban J connectivity index is 2.03. The predicted octanol–water partition coefficient (Wildman–Crippen LogP) is 2.58. The fourth-order valence-electron chi connectivity index (χ4n) is 1.72. The van der Waals surface area contributed by atoms with Gasteiger partial charge in [-0.05, 0) is 46.6 Å². The van der Waals surface area contributed by atoms with Gasteiger partial charge in [0.2, 0.25) is 5.91 Å². The third-order valence-corrected chi connectivity index (χ3v) is 4.47. The first-order valence-corrected chi connectivity index (χ1v) is 6.44. The van der Waals surface area contributed by atoms with E-state index < -0.39 is 0 Å². The van der Waals surface area contributed by atoms with E-state index in [0.29, 0.717) is 0 Å². The third-order valence-electron chi connectivity index (χ3n) is 2.52. The zero-order chi connectivity index (χ0) is 9.97. The molecule has 4 heteroatoms. The number of piperidine rings is 1. The van der Waals surface area contributed by atoms with Crippen molar-refractivity contribution in [2.45, 2.75) is 19.3 Å². The number of carbonyl (C=O) groups is 1. The average molecular weight is 274 g/mol. The zero-order valence-corrected chi connectivity index (χ0v) is 10.2. The van der Waals surface area contributed by atoms with E-state index in [9.17, 15) is 4.79 Å². The topological polar surface area (TPSA) is 29.1 Å². The summed E-state index contributed by atoms with van der Waals surface area (Å²) in [5.41, 5.74) is 0. The largest absolute Gasteiger partial charge is 0.356 e. The molecule has 1 aliphatic heterocycles. The molecule has 0 aromatic carbocycles. The van der Waals surface area contributed by atoms with Gasteiger partial charge < -0.3 is 5.32 Å². The molecule has 1 unspecified atom stereocenters. The molecule has 1 aliphatic rings. The fraction of sp³-hybridized carbons (Fsp3) is 0.500. The van der Waals surface area contributed by atoms with Crippen molar-refractivity contribution in [2.24, 2.45) is 5.92 Å². The number of thiophene rings is 1. The monoisotopic (exact) mass is 273 g/mol. The first-order chi connectivity index (χ1) is 6.77. The van der Waals surface area contributed by atoms with Gasteiger partial charge in [0.15, 0.2) is 0 Å². The highest BCUT2D eigenvalue weighted by Crippen LogP contribution is 2.27. The Labute approximate surface area is 95.8 Å². The molecule has 76 valence electrons. The molecule has 1 amide bonds. The van der Waals surface area contributed by atoms with Gasteiger partial charge in [-0.2, -0.15) is 0 Å². The Kier molecular flexibility index (Phi) is 3.23. The molecule has 1 aromatic rings. The highest BCUT2D eigenvalue weighted by molar-refractivity contribution is 9.10. The molecule has 1 aromatic heterocycles. The number of nitrogens with one attached hydrogen (secondary N) is 1.